The van der Waals surface area contributed by atoms with Crippen molar-refractivity contribution in [1.29, 1.82) is 0 Å². The minimum atomic E-state index is -4.03. The number of carbonyl (C=O) groups excluding carboxylic acids is 1. The summed E-state index contributed by atoms with van der Waals surface area (Å²) in [5.41, 5.74) is 0.00230. The molecule has 1 aromatic carbocycles. The summed E-state index contributed by atoms with van der Waals surface area (Å²) < 4.78 is 17.6. The molecule has 0 saturated carbocycles. The smallest absolute Gasteiger partial charge is 0.325 e. The number of hydrogen-bond acceptors (Lipinski definition) is 8. The molecule has 1 aliphatic rings. The van der Waals surface area contributed by atoms with Gasteiger partial charge in [0.1, 0.15) is 18.1 Å². The molecule has 0 aliphatic carbocycles. The predicted octanol–water partition coefficient (Wildman–Crippen LogP) is 1.93. The molecule has 0 radical (unpaired) electrons. The highest BCUT2D eigenvalue weighted by molar-refractivity contribution is 7.51. The summed E-state index contributed by atoms with van der Waals surface area (Å²) in [6, 6.07) is 7.58. The Morgan fingerprint density at radius 1 is 1.22 bits per heavy atom. The lowest BCUT2D eigenvalue weighted by atomic mass is 9.94. The second-order valence-electron chi connectivity index (χ2n) is 8.76. The molecule has 1 fully saturated rings. The average Bonchev–Trinajstić information content (AvgIpc) is 2.85. The quantitative estimate of drug-likeness (QED) is 0.256. The molecule has 192 valence electrons. The number of phenols is 1. The topological polar surface area (TPSA) is 167 Å². The number of aromatic nitrogens is 3. The molecule has 0 bridgehead atoms. The Balaban J connectivity index is 1.57. The molecule has 12 nitrogen and oxygen atoms in total. The van der Waals surface area contributed by atoms with Gasteiger partial charge in [0.15, 0.2) is 0 Å². The van der Waals surface area contributed by atoms with Crippen LogP contribution in [0.2, 0.25) is 0 Å². The fourth-order valence-corrected chi connectivity index (χ4v) is 4.97. The van der Waals surface area contributed by atoms with E-state index in [4.69, 9.17) is 14.5 Å². The number of piperidine rings is 1. The van der Waals surface area contributed by atoms with E-state index in [1.54, 1.807) is 18.2 Å². The van der Waals surface area contributed by atoms with Gasteiger partial charge < -0.3 is 29.8 Å². The van der Waals surface area contributed by atoms with Crippen LogP contribution in [-0.4, -0.2) is 61.9 Å². The Bertz CT molecular complexity index is 1350. The van der Waals surface area contributed by atoms with Crippen LogP contribution in [-0.2, 0) is 15.9 Å². The van der Waals surface area contributed by atoms with Gasteiger partial charge in [-0.15, -0.1) is 0 Å². The molecule has 4 rings (SSSR count). The summed E-state index contributed by atoms with van der Waals surface area (Å²) in [6.07, 6.45) is 3.20. The number of aromatic hydroxyl groups is 1. The Morgan fingerprint density at radius 2 is 1.92 bits per heavy atom. The van der Waals surface area contributed by atoms with Gasteiger partial charge in [0.25, 0.3) is 5.56 Å². The highest BCUT2D eigenvalue weighted by Gasteiger charge is 2.26. The summed E-state index contributed by atoms with van der Waals surface area (Å²) in [7, 11) is -2.55. The van der Waals surface area contributed by atoms with Gasteiger partial charge in [-0.1, -0.05) is 0 Å². The largest absolute Gasteiger partial charge is 0.508 e. The van der Waals surface area contributed by atoms with E-state index in [1.807, 2.05) is 4.90 Å². The van der Waals surface area contributed by atoms with Gasteiger partial charge in [-0.25, -0.2) is 4.68 Å². The second kappa shape index (κ2) is 10.7. The average molecular weight is 517 g/mol. The lowest BCUT2D eigenvalue weighted by Gasteiger charge is -2.33. The molecule has 13 heteroatoms. The summed E-state index contributed by atoms with van der Waals surface area (Å²) in [4.78, 5) is 50.7. The van der Waals surface area contributed by atoms with Crippen molar-refractivity contribution in [2.75, 3.05) is 36.6 Å². The first-order valence-corrected chi connectivity index (χ1v) is 13.3. The Hall–Kier alpha value is -3.47. The van der Waals surface area contributed by atoms with Crippen LogP contribution in [0.3, 0.4) is 0 Å². The van der Waals surface area contributed by atoms with Gasteiger partial charge in [0.05, 0.1) is 24.9 Å². The molecular formula is C23H28N5O7P. The number of nitrogens with zero attached hydrogens (tertiary/aromatic N) is 4. The molecule has 1 saturated heterocycles. The highest BCUT2D eigenvalue weighted by atomic mass is 31.2. The fraction of sp³-hybridized carbons (Fsp3) is 0.391. The van der Waals surface area contributed by atoms with Gasteiger partial charge in [-0.05, 0) is 49.4 Å². The van der Waals surface area contributed by atoms with Crippen molar-refractivity contribution in [3.63, 3.8) is 0 Å². The predicted molar refractivity (Wildman–Crippen MR) is 134 cm³/mol. The highest BCUT2D eigenvalue weighted by Crippen LogP contribution is 2.38. The van der Waals surface area contributed by atoms with Crippen LogP contribution in [0.25, 0.3) is 10.8 Å². The first-order chi connectivity index (χ1) is 17.1. The summed E-state index contributed by atoms with van der Waals surface area (Å²) >= 11 is 0. The molecule has 3 heterocycles. The minimum absolute atomic E-state index is 0.0710. The van der Waals surface area contributed by atoms with Gasteiger partial charge in [-0.2, -0.15) is 10.1 Å². The molecule has 1 aliphatic heterocycles. The number of pyridine rings is 1. The van der Waals surface area contributed by atoms with Crippen molar-refractivity contribution < 1.29 is 29.0 Å². The molecular weight excluding hydrogens is 489 g/mol. The number of fused-ring (bicyclic) bond motifs is 1. The Kier molecular flexibility index (Phi) is 7.58. The van der Waals surface area contributed by atoms with Crippen molar-refractivity contribution >= 4 is 35.8 Å². The maximum atomic E-state index is 13.4. The minimum Gasteiger partial charge on any atom is -0.508 e. The number of benzene rings is 1. The monoisotopic (exact) mass is 517 g/mol. The molecule has 0 unspecified atom stereocenters. The molecule has 2 aromatic heterocycles. The van der Waals surface area contributed by atoms with E-state index in [2.05, 4.69) is 15.4 Å². The standard InChI is InChI=1S/C23H28N5O7P/c1-35-20-12-16-13-24-28(14-19(30)25-17-2-4-18(29)5-3-17)23(31)21(16)22(26-20)27-9-6-15(7-10-27)8-11-36(32,33)34/h2-5,12-13,15,29H,6-11,14H2,1H3,(H,25,30)(H2,32,33,34). The number of ether oxygens (including phenoxy) is 1. The van der Waals surface area contributed by atoms with Crippen LogP contribution >= 0.6 is 7.60 Å². The fourth-order valence-electron chi connectivity index (χ4n) is 4.27. The number of anilines is 2. The maximum Gasteiger partial charge on any atom is 0.325 e. The first kappa shape index (κ1) is 25.6. The van der Waals surface area contributed by atoms with Crippen LogP contribution in [0.1, 0.15) is 19.3 Å². The Morgan fingerprint density at radius 3 is 2.56 bits per heavy atom. The molecule has 36 heavy (non-hydrogen) atoms. The Labute approximate surface area is 206 Å². The van der Waals surface area contributed by atoms with Crippen molar-refractivity contribution in [3.05, 3.63) is 46.9 Å². The van der Waals surface area contributed by atoms with E-state index in [1.165, 1.54) is 25.4 Å². The van der Waals surface area contributed by atoms with Crippen molar-refractivity contribution in [2.24, 2.45) is 5.92 Å². The number of phenolic OH excluding ortho intramolecular Hbond substituents is 1. The third-order valence-corrected chi connectivity index (χ3v) is 7.03. The third-order valence-electron chi connectivity index (χ3n) is 6.19. The number of carbonyl (C=O) groups is 1. The zero-order valence-corrected chi connectivity index (χ0v) is 20.6. The number of nitrogens with one attached hydrogen (secondary N) is 1. The van der Waals surface area contributed by atoms with Gasteiger partial charge in [0, 0.05) is 30.2 Å². The second-order valence-corrected chi connectivity index (χ2v) is 10.5. The van der Waals surface area contributed by atoms with Gasteiger partial charge in [0.2, 0.25) is 11.8 Å². The summed E-state index contributed by atoms with van der Waals surface area (Å²) in [5, 5.41) is 17.0. The summed E-state index contributed by atoms with van der Waals surface area (Å²) in [5.74, 6) is 0.543. The van der Waals surface area contributed by atoms with Crippen LogP contribution in [0, 0.1) is 5.92 Å². The zero-order valence-electron chi connectivity index (χ0n) is 19.7. The van der Waals surface area contributed by atoms with Gasteiger partial charge >= 0.3 is 7.60 Å². The van der Waals surface area contributed by atoms with E-state index < -0.39 is 19.1 Å². The van der Waals surface area contributed by atoms with Crippen molar-refractivity contribution in [2.45, 2.75) is 25.8 Å². The molecule has 0 spiro atoms. The van der Waals surface area contributed by atoms with E-state index >= 15 is 0 Å². The number of amides is 1. The lowest BCUT2D eigenvalue weighted by Crippen LogP contribution is -2.36. The molecule has 1 amide bonds. The maximum absolute atomic E-state index is 13.4. The van der Waals surface area contributed by atoms with Gasteiger partial charge in [-0.3, -0.25) is 14.2 Å². The zero-order chi connectivity index (χ0) is 25.9. The van der Waals surface area contributed by atoms with Crippen molar-refractivity contribution in [1.82, 2.24) is 14.8 Å². The van der Waals surface area contributed by atoms with Crippen LogP contribution in [0.15, 0.2) is 41.3 Å². The van der Waals surface area contributed by atoms with Crippen LogP contribution < -0.4 is 20.5 Å². The van der Waals surface area contributed by atoms with E-state index in [0.29, 0.717) is 60.5 Å². The molecule has 3 aromatic rings. The van der Waals surface area contributed by atoms with Crippen molar-refractivity contribution in [3.8, 4) is 11.6 Å². The SMILES string of the molecule is COc1cc2cnn(CC(=O)Nc3ccc(O)cc3)c(=O)c2c(N2CCC(CCP(=O)(O)O)CC2)n1. The van der Waals surface area contributed by atoms with Crippen LogP contribution in [0.5, 0.6) is 11.6 Å². The van der Waals surface area contributed by atoms with E-state index in [-0.39, 0.29) is 24.4 Å². The van der Waals surface area contributed by atoms with E-state index in [9.17, 15) is 19.3 Å². The number of rotatable bonds is 8. The first-order valence-electron chi connectivity index (χ1n) is 11.5. The number of methoxy groups -OCH3 is 1. The van der Waals surface area contributed by atoms with Crippen LogP contribution in [0.4, 0.5) is 11.5 Å². The number of hydrogen-bond donors (Lipinski definition) is 4. The van der Waals surface area contributed by atoms with E-state index in [0.717, 1.165) is 4.68 Å². The summed E-state index contributed by atoms with van der Waals surface area (Å²) in [6.45, 7) is 0.806. The molecule has 0 atom stereocenters. The lowest BCUT2D eigenvalue weighted by molar-refractivity contribution is -0.117. The normalized spacial score (nSPS) is 14.7. The molecule has 4 N–H and O–H groups in total. The third kappa shape index (κ3) is 6.20.